The van der Waals surface area contributed by atoms with Crippen LogP contribution in [0.25, 0.3) is 0 Å². The maximum absolute atomic E-state index is 8.61. The number of nitriles is 1. The fourth-order valence-corrected chi connectivity index (χ4v) is 2.75. The van der Waals surface area contributed by atoms with E-state index in [2.05, 4.69) is 51.2 Å². The van der Waals surface area contributed by atoms with E-state index in [1.54, 1.807) is 0 Å². The first-order valence-corrected chi connectivity index (χ1v) is 6.56. The quantitative estimate of drug-likeness (QED) is 0.778. The Kier molecular flexibility index (Phi) is 3.84. The molecule has 1 fully saturated rings. The number of hydrogen-bond acceptors (Lipinski definition) is 2. The van der Waals surface area contributed by atoms with Gasteiger partial charge in [-0.05, 0) is 30.5 Å². The maximum atomic E-state index is 8.61. The molecule has 0 spiro atoms. The molecule has 2 nitrogen and oxygen atoms in total. The van der Waals surface area contributed by atoms with Crippen LogP contribution in [-0.4, -0.2) is 17.9 Å². The number of rotatable bonds is 2. The molecule has 1 aliphatic heterocycles. The summed E-state index contributed by atoms with van der Waals surface area (Å²) in [6.07, 6.45) is 3.01. The second-order valence-electron chi connectivity index (χ2n) is 4.19. The van der Waals surface area contributed by atoms with Crippen LogP contribution in [0, 0.1) is 11.3 Å². The minimum atomic E-state index is 0.501. The molecule has 0 N–H and O–H groups in total. The molecule has 1 aromatic carbocycles. The Morgan fingerprint density at radius 2 is 2.12 bits per heavy atom. The highest BCUT2D eigenvalue weighted by Crippen LogP contribution is 2.23. The normalized spacial score (nSPS) is 20.5. The van der Waals surface area contributed by atoms with Crippen LogP contribution < -0.4 is 4.90 Å². The van der Waals surface area contributed by atoms with Crippen LogP contribution in [0.4, 0.5) is 5.69 Å². The lowest BCUT2D eigenvalue weighted by Gasteiger charge is -2.32. The van der Waals surface area contributed by atoms with Gasteiger partial charge in [0.2, 0.25) is 0 Å². The van der Waals surface area contributed by atoms with Crippen molar-refractivity contribution in [3.8, 4) is 6.07 Å². The summed E-state index contributed by atoms with van der Waals surface area (Å²) in [6, 6.07) is 10.5. The molecule has 0 saturated carbocycles. The fourth-order valence-electron chi connectivity index (χ4n) is 2.08. The van der Waals surface area contributed by atoms with Crippen molar-refractivity contribution in [2.45, 2.75) is 24.1 Å². The minimum Gasteiger partial charge on any atom is -0.370 e. The Morgan fingerprint density at radius 3 is 2.75 bits per heavy atom. The first kappa shape index (κ1) is 11.5. The molecule has 1 saturated heterocycles. The molecule has 2 rings (SSSR count). The standard InChI is InChI=1S/C13H15BrN2/c14-12-2-1-9-16(10-12)13-5-3-11(4-6-13)7-8-15/h3-6,12H,1-2,7,9-10H2. The zero-order chi connectivity index (χ0) is 11.4. The summed E-state index contributed by atoms with van der Waals surface area (Å²) in [7, 11) is 0. The lowest BCUT2D eigenvalue weighted by molar-refractivity contribution is 0.596. The monoisotopic (exact) mass is 278 g/mol. The SMILES string of the molecule is N#CCc1ccc(N2CCCC(Br)C2)cc1. The lowest BCUT2D eigenvalue weighted by atomic mass is 10.1. The third-order valence-corrected chi connectivity index (χ3v) is 3.70. The van der Waals surface area contributed by atoms with Crippen LogP contribution in [-0.2, 0) is 6.42 Å². The van der Waals surface area contributed by atoms with Gasteiger partial charge in [-0.25, -0.2) is 0 Å². The highest BCUT2D eigenvalue weighted by atomic mass is 79.9. The topological polar surface area (TPSA) is 27.0 Å². The number of hydrogen-bond donors (Lipinski definition) is 0. The van der Waals surface area contributed by atoms with E-state index in [0.717, 1.165) is 18.7 Å². The van der Waals surface area contributed by atoms with Gasteiger partial charge in [0, 0.05) is 23.6 Å². The Balaban J connectivity index is 2.06. The van der Waals surface area contributed by atoms with Crippen molar-refractivity contribution in [3.63, 3.8) is 0 Å². The third-order valence-electron chi connectivity index (χ3n) is 2.95. The van der Waals surface area contributed by atoms with Crippen molar-refractivity contribution in [1.29, 1.82) is 5.26 Å². The summed E-state index contributed by atoms with van der Waals surface area (Å²) in [5.41, 5.74) is 2.37. The van der Waals surface area contributed by atoms with Crippen LogP contribution in [0.15, 0.2) is 24.3 Å². The molecule has 1 aliphatic rings. The molecule has 1 aromatic rings. The van der Waals surface area contributed by atoms with Gasteiger partial charge in [0.25, 0.3) is 0 Å². The molecule has 0 bridgehead atoms. The molecular formula is C13H15BrN2. The van der Waals surface area contributed by atoms with E-state index in [-0.39, 0.29) is 0 Å². The smallest absolute Gasteiger partial charge is 0.0669 e. The van der Waals surface area contributed by atoms with E-state index < -0.39 is 0 Å². The molecule has 84 valence electrons. The highest BCUT2D eigenvalue weighted by Gasteiger charge is 2.17. The molecule has 0 aliphatic carbocycles. The van der Waals surface area contributed by atoms with E-state index in [1.807, 2.05) is 0 Å². The molecule has 0 aromatic heterocycles. The van der Waals surface area contributed by atoms with Crippen molar-refractivity contribution >= 4 is 21.6 Å². The lowest BCUT2D eigenvalue weighted by Crippen LogP contribution is -2.35. The Labute approximate surface area is 105 Å². The average molecular weight is 279 g/mol. The van der Waals surface area contributed by atoms with Gasteiger partial charge in [-0.3, -0.25) is 0 Å². The van der Waals surface area contributed by atoms with Gasteiger partial charge in [-0.2, -0.15) is 5.26 Å². The largest absolute Gasteiger partial charge is 0.370 e. The van der Waals surface area contributed by atoms with Gasteiger partial charge < -0.3 is 4.90 Å². The van der Waals surface area contributed by atoms with Crippen molar-refractivity contribution in [2.24, 2.45) is 0 Å². The molecule has 1 heterocycles. The van der Waals surface area contributed by atoms with E-state index >= 15 is 0 Å². The number of nitrogens with zero attached hydrogens (tertiary/aromatic N) is 2. The first-order valence-electron chi connectivity index (χ1n) is 5.64. The van der Waals surface area contributed by atoms with Gasteiger partial charge in [0.1, 0.15) is 0 Å². The summed E-state index contributed by atoms with van der Waals surface area (Å²) < 4.78 is 0. The van der Waals surface area contributed by atoms with E-state index in [0.29, 0.717) is 11.2 Å². The van der Waals surface area contributed by atoms with Crippen LogP contribution in [0.1, 0.15) is 18.4 Å². The van der Waals surface area contributed by atoms with E-state index in [9.17, 15) is 0 Å². The Hall–Kier alpha value is -1.01. The van der Waals surface area contributed by atoms with Crippen LogP contribution in [0.3, 0.4) is 0 Å². The molecule has 16 heavy (non-hydrogen) atoms. The average Bonchev–Trinajstić information content (AvgIpc) is 2.30. The zero-order valence-electron chi connectivity index (χ0n) is 9.19. The maximum Gasteiger partial charge on any atom is 0.0669 e. The van der Waals surface area contributed by atoms with Gasteiger partial charge >= 0.3 is 0 Å². The first-order chi connectivity index (χ1) is 7.79. The van der Waals surface area contributed by atoms with Gasteiger partial charge in [-0.15, -0.1) is 0 Å². The third kappa shape index (κ3) is 2.76. The zero-order valence-corrected chi connectivity index (χ0v) is 10.8. The Bertz CT molecular complexity index is 380. The second-order valence-corrected chi connectivity index (χ2v) is 5.48. The summed E-state index contributed by atoms with van der Waals surface area (Å²) in [4.78, 5) is 3.01. The van der Waals surface area contributed by atoms with Crippen molar-refractivity contribution < 1.29 is 0 Å². The number of halogens is 1. The second kappa shape index (κ2) is 5.36. The summed E-state index contributed by atoms with van der Waals surface area (Å²) in [5, 5.41) is 8.61. The van der Waals surface area contributed by atoms with Crippen LogP contribution >= 0.6 is 15.9 Å². The number of benzene rings is 1. The number of piperidine rings is 1. The predicted octanol–water partition coefficient (Wildman–Crippen LogP) is 3.12. The number of alkyl halides is 1. The van der Waals surface area contributed by atoms with Gasteiger partial charge in [0.15, 0.2) is 0 Å². The molecule has 1 unspecified atom stereocenters. The Morgan fingerprint density at radius 1 is 1.38 bits per heavy atom. The van der Waals surface area contributed by atoms with Gasteiger partial charge in [-0.1, -0.05) is 28.1 Å². The molecule has 1 atom stereocenters. The minimum absolute atomic E-state index is 0.501. The highest BCUT2D eigenvalue weighted by molar-refractivity contribution is 9.09. The molecule has 0 amide bonds. The van der Waals surface area contributed by atoms with Crippen LogP contribution in [0.5, 0.6) is 0 Å². The van der Waals surface area contributed by atoms with Crippen molar-refractivity contribution in [2.75, 3.05) is 18.0 Å². The number of anilines is 1. The van der Waals surface area contributed by atoms with E-state index in [1.165, 1.54) is 18.5 Å². The molecular weight excluding hydrogens is 264 g/mol. The van der Waals surface area contributed by atoms with Crippen molar-refractivity contribution in [1.82, 2.24) is 0 Å². The summed E-state index contributed by atoms with van der Waals surface area (Å²) in [5.74, 6) is 0. The molecule has 0 radical (unpaired) electrons. The van der Waals surface area contributed by atoms with Crippen molar-refractivity contribution in [3.05, 3.63) is 29.8 Å². The van der Waals surface area contributed by atoms with Gasteiger partial charge in [0.05, 0.1) is 12.5 Å². The summed E-state index contributed by atoms with van der Waals surface area (Å²) in [6.45, 7) is 2.22. The summed E-state index contributed by atoms with van der Waals surface area (Å²) >= 11 is 3.68. The predicted molar refractivity (Wildman–Crippen MR) is 69.9 cm³/mol. The van der Waals surface area contributed by atoms with Crippen LogP contribution in [0.2, 0.25) is 0 Å². The molecule has 3 heteroatoms. The fraction of sp³-hybridized carbons (Fsp3) is 0.462. The van der Waals surface area contributed by atoms with E-state index in [4.69, 9.17) is 5.26 Å².